The normalized spacial score (nSPS) is 15.6. The summed E-state index contributed by atoms with van der Waals surface area (Å²) < 4.78 is 5.34. The quantitative estimate of drug-likeness (QED) is 0.449. The fourth-order valence-corrected chi connectivity index (χ4v) is 3.43. The lowest BCUT2D eigenvalue weighted by molar-refractivity contribution is -0.385. The minimum Gasteiger partial charge on any atom is -0.496 e. The smallest absolute Gasteiger partial charge is 0.270 e. The third-order valence-electron chi connectivity index (χ3n) is 4.89. The second-order valence-corrected chi connectivity index (χ2v) is 6.53. The van der Waals surface area contributed by atoms with Crippen LogP contribution in [0.4, 0.5) is 5.69 Å². The van der Waals surface area contributed by atoms with Gasteiger partial charge in [-0.25, -0.2) is 0 Å². The SMILES string of the molecule is COc1ccc([N+](=O)[O-])cc1CN1CCC(C(=O)c2ccccc2)CC1. The molecule has 1 heterocycles. The average Bonchev–Trinajstić information content (AvgIpc) is 2.68. The molecule has 1 aliphatic heterocycles. The number of Topliss-reactive ketones (excluding diaryl/α,β-unsaturated/α-hetero) is 1. The molecular formula is C20H22N2O4. The van der Waals surface area contributed by atoms with Gasteiger partial charge in [0.05, 0.1) is 12.0 Å². The molecule has 0 saturated carbocycles. The van der Waals surface area contributed by atoms with Crippen LogP contribution in [0.25, 0.3) is 0 Å². The van der Waals surface area contributed by atoms with Gasteiger partial charge >= 0.3 is 0 Å². The molecule has 136 valence electrons. The molecule has 0 unspecified atom stereocenters. The van der Waals surface area contributed by atoms with Crippen molar-refractivity contribution in [2.75, 3.05) is 20.2 Å². The minimum atomic E-state index is -0.395. The van der Waals surface area contributed by atoms with E-state index in [4.69, 9.17) is 4.74 Å². The zero-order valence-electron chi connectivity index (χ0n) is 14.8. The minimum absolute atomic E-state index is 0.0423. The number of non-ortho nitro benzene ring substituents is 1. The zero-order chi connectivity index (χ0) is 18.5. The topological polar surface area (TPSA) is 72.7 Å². The van der Waals surface area contributed by atoms with Crippen LogP contribution >= 0.6 is 0 Å². The number of hydrogen-bond acceptors (Lipinski definition) is 5. The van der Waals surface area contributed by atoms with Crippen LogP contribution < -0.4 is 4.74 Å². The van der Waals surface area contributed by atoms with Gasteiger partial charge in [-0.3, -0.25) is 19.8 Å². The Morgan fingerprint density at radius 1 is 1.19 bits per heavy atom. The summed E-state index contributed by atoms with van der Waals surface area (Å²) in [5.41, 5.74) is 1.63. The molecule has 0 aromatic heterocycles. The molecule has 0 spiro atoms. The molecule has 6 heteroatoms. The summed E-state index contributed by atoms with van der Waals surface area (Å²) in [6.07, 6.45) is 1.59. The first-order valence-electron chi connectivity index (χ1n) is 8.71. The standard InChI is InChI=1S/C20H22N2O4/c1-26-19-8-7-18(22(24)25)13-17(19)14-21-11-9-16(10-12-21)20(23)15-5-3-2-4-6-15/h2-8,13,16H,9-12,14H2,1H3. The van der Waals surface area contributed by atoms with E-state index in [9.17, 15) is 14.9 Å². The van der Waals surface area contributed by atoms with Crippen molar-refractivity contribution in [3.63, 3.8) is 0 Å². The molecule has 0 amide bonds. The Hall–Kier alpha value is -2.73. The fourth-order valence-electron chi connectivity index (χ4n) is 3.43. The van der Waals surface area contributed by atoms with E-state index in [2.05, 4.69) is 4.90 Å². The van der Waals surface area contributed by atoms with Crippen LogP contribution in [0.5, 0.6) is 5.75 Å². The van der Waals surface area contributed by atoms with Crippen LogP contribution in [0.3, 0.4) is 0 Å². The van der Waals surface area contributed by atoms with E-state index in [1.165, 1.54) is 6.07 Å². The Kier molecular flexibility index (Phi) is 5.63. The summed E-state index contributed by atoms with van der Waals surface area (Å²) in [5, 5.41) is 11.0. The fraction of sp³-hybridized carbons (Fsp3) is 0.350. The Bertz CT molecular complexity index is 784. The highest BCUT2D eigenvalue weighted by Crippen LogP contribution is 2.28. The Morgan fingerprint density at radius 2 is 1.88 bits per heavy atom. The van der Waals surface area contributed by atoms with E-state index >= 15 is 0 Å². The maximum atomic E-state index is 12.6. The molecule has 1 saturated heterocycles. The highest BCUT2D eigenvalue weighted by molar-refractivity contribution is 5.97. The van der Waals surface area contributed by atoms with Gasteiger partial charge in [-0.1, -0.05) is 30.3 Å². The Morgan fingerprint density at radius 3 is 2.50 bits per heavy atom. The lowest BCUT2D eigenvalue weighted by atomic mass is 9.89. The molecule has 0 radical (unpaired) electrons. The predicted octanol–water partition coefficient (Wildman–Crippen LogP) is 3.70. The summed E-state index contributed by atoms with van der Waals surface area (Å²) in [4.78, 5) is 25.4. The second kappa shape index (κ2) is 8.10. The summed E-state index contributed by atoms with van der Waals surface area (Å²) in [5.74, 6) is 0.900. The van der Waals surface area contributed by atoms with E-state index in [-0.39, 0.29) is 17.4 Å². The number of hydrogen-bond donors (Lipinski definition) is 0. The molecule has 1 fully saturated rings. The lowest BCUT2D eigenvalue weighted by Crippen LogP contribution is -2.36. The van der Waals surface area contributed by atoms with Gasteiger partial charge in [0, 0.05) is 35.7 Å². The molecular weight excluding hydrogens is 332 g/mol. The van der Waals surface area contributed by atoms with E-state index in [0.29, 0.717) is 12.3 Å². The molecule has 1 aliphatic rings. The number of benzene rings is 2. The highest BCUT2D eigenvalue weighted by Gasteiger charge is 2.26. The average molecular weight is 354 g/mol. The number of nitrogens with zero attached hydrogens (tertiary/aromatic N) is 2. The molecule has 26 heavy (non-hydrogen) atoms. The van der Waals surface area contributed by atoms with Crippen LogP contribution in [0, 0.1) is 16.0 Å². The number of methoxy groups -OCH3 is 1. The van der Waals surface area contributed by atoms with Gasteiger partial charge in [-0.05, 0) is 32.0 Å². The van der Waals surface area contributed by atoms with Crippen LogP contribution in [0.2, 0.25) is 0 Å². The van der Waals surface area contributed by atoms with Gasteiger partial charge in [0.25, 0.3) is 5.69 Å². The van der Waals surface area contributed by atoms with Gasteiger partial charge in [-0.15, -0.1) is 0 Å². The maximum absolute atomic E-state index is 12.6. The summed E-state index contributed by atoms with van der Waals surface area (Å²) in [6.45, 7) is 2.15. The van der Waals surface area contributed by atoms with Gasteiger partial charge in [-0.2, -0.15) is 0 Å². The first-order valence-corrected chi connectivity index (χ1v) is 8.71. The van der Waals surface area contributed by atoms with Gasteiger partial charge < -0.3 is 4.74 Å². The summed E-state index contributed by atoms with van der Waals surface area (Å²) in [6, 6.07) is 14.1. The van der Waals surface area contributed by atoms with Crippen LogP contribution in [0.15, 0.2) is 48.5 Å². The number of ketones is 1. The monoisotopic (exact) mass is 354 g/mol. The van der Waals surface area contributed by atoms with Crippen molar-refractivity contribution in [3.8, 4) is 5.75 Å². The first-order chi connectivity index (χ1) is 12.6. The van der Waals surface area contributed by atoms with Gasteiger partial charge in [0.1, 0.15) is 5.75 Å². The number of nitro groups is 1. The molecule has 0 aliphatic carbocycles. The van der Waals surface area contributed by atoms with Crippen LogP contribution in [-0.2, 0) is 6.54 Å². The van der Waals surface area contributed by atoms with Crippen molar-refractivity contribution in [2.24, 2.45) is 5.92 Å². The number of carbonyl (C=O) groups is 1. The molecule has 6 nitrogen and oxygen atoms in total. The largest absolute Gasteiger partial charge is 0.496 e. The van der Waals surface area contributed by atoms with Gasteiger partial charge in [0.15, 0.2) is 5.78 Å². The lowest BCUT2D eigenvalue weighted by Gasteiger charge is -2.31. The second-order valence-electron chi connectivity index (χ2n) is 6.53. The van der Waals surface area contributed by atoms with Crippen LogP contribution in [0.1, 0.15) is 28.8 Å². The molecule has 0 bridgehead atoms. The maximum Gasteiger partial charge on any atom is 0.270 e. The predicted molar refractivity (Wildman–Crippen MR) is 98.4 cm³/mol. The number of ether oxygens (including phenoxy) is 1. The summed E-state index contributed by atoms with van der Waals surface area (Å²) in [7, 11) is 1.56. The number of nitro benzene ring substituents is 1. The number of rotatable bonds is 6. The zero-order valence-corrected chi connectivity index (χ0v) is 14.8. The third kappa shape index (κ3) is 4.08. The molecule has 2 aromatic carbocycles. The third-order valence-corrected chi connectivity index (χ3v) is 4.89. The number of piperidine rings is 1. The van der Waals surface area contributed by atoms with Crippen molar-refractivity contribution < 1.29 is 14.5 Å². The van der Waals surface area contributed by atoms with Crippen molar-refractivity contribution >= 4 is 11.5 Å². The van der Waals surface area contributed by atoms with E-state index in [1.54, 1.807) is 19.2 Å². The van der Waals surface area contributed by atoms with Crippen LogP contribution in [-0.4, -0.2) is 35.8 Å². The molecule has 2 aromatic rings. The van der Waals surface area contributed by atoms with E-state index < -0.39 is 4.92 Å². The van der Waals surface area contributed by atoms with Gasteiger partial charge in [0.2, 0.25) is 0 Å². The first kappa shape index (κ1) is 18.1. The van der Waals surface area contributed by atoms with Crippen molar-refractivity contribution in [3.05, 3.63) is 69.8 Å². The molecule has 3 rings (SSSR count). The number of likely N-dealkylation sites (tertiary alicyclic amines) is 1. The number of carbonyl (C=O) groups excluding carboxylic acids is 1. The van der Waals surface area contributed by atoms with E-state index in [1.807, 2.05) is 30.3 Å². The van der Waals surface area contributed by atoms with E-state index in [0.717, 1.165) is 37.1 Å². The Labute approximate surface area is 152 Å². The summed E-state index contributed by atoms with van der Waals surface area (Å²) >= 11 is 0. The van der Waals surface area contributed by atoms with Crippen molar-refractivity contribution in [1.82, 2.24) is 4.90 Å². The highest BCUT2D eigenvalue weighted by atomic mass is 16.6. The van der Waals surface area contributed by atoms with Crippen molar-refractivity contribution in [2.45, 2.75) is 19.4 Å². The van der Waals surface area contributed by atoms with Crippen molar-refractivity contribution in [1.29, 1.82) is 0 Å². The molecule has 0 N–H and O–H groups in total. The Balaban J connectivity index is 1.63. The molecule has 0 atom stereocenters.